The zero-order chi connectivity index (χ0) is 14.7. The Kier molecular flexibility index (Phi) is 4.84. The number of nitrogens with one attached hydrogen (secondary N) is 1. The largest absolute Gasteiger partial charge is 0.459 e. The summed E-state index contributed by atoms with van der Waals surface area (Å²) in [5, 5.41) is 4.86. The molecule has 0 radical (unpaired) electrons. The molecule has 20 heavy (non-hydrogen) atoms. The summed E-state index contributed by atoms with van der Waals surface area (Å²) in [4.78, 5) is 2.23. The fourth-order valence-corrected chi connectivity index (χ4v) is 2.47. The fraction of sp³-hybridized carbons (Fsp3) is 0.529. The van der Waals surface area contributed by atoms with E-state index in [4.69, 9.17) is 4.42 Å². The normalized spacial score (nSPS) is 15.2. The third-order valence-corrected chi connectivity index (χ3v) is 3.70. The van der Waals surface area contributed by atoms with Gasteiger partial charge in [0.1, 0.15) is 11.3 Å². The topological polar surface area (TPSA) is 28.4 Å². The SMILES string of the molecule is CC(NC(CN(C)C)C(C)C)c1cc2ccccc2o1. The Labute approximate surface area is 122 Å². The molecule has 1 aromatic carbocycles. The van der Waals surface area contributed by atoms with Crippen LogP contribution in [0.15, 0.2) is 34.7 Å². The van der Waals surface area contributed by atoms with Crippen LogP contribution < -0.4 is 5.32 Å². The Balaban J connectivity index is 2.11. The molecule has 0 saturated heterocycles. The van der Waals surface area contributed by atoms with E-state index >= 15 is 0 Å². The molecular formula is C17H26N2O. The molecule has 2 rings (SSSR count). The Bertz CT molecular complexity index is 512. The summed E-state index contributed by atoms with van der Waals surface area (Å²) in [6, 6.07) is 11.0. The summed E-state index contributed by atoms with van der Waals surface area (Å²) < 4.78 is 5.94. The van der Waals surface area contributed by atoms with Crippen LogP contribution in [-0.2, 0) is 0 Å². The van der Waals surface area contributed by atoms with E-state index in [0.717, 1.165) is 17.9 Å². The molecule has 1 heterocycles. The lowest BCUT2D eigenvalue weighted by Crippen LogP contribution is -2.43. The number of nitrogens with zero attached hydrogens (tertiary/aromatic N) is 1. The minimum absolute atomic E-state index is 0.217. The second-order valence-corrected chi connectivity index (χ2v) is 6.19. The van der Waals surface area contributed by atoms with Gasteiger partial charge >= 0.3 is 0 Å². The summed E-state index contributed by atoms with van der Waals surface area (Å²) in [7, 11) is 4.23. The lowest BCUT2D eigenvalue weighted by atomic mass is 10.0. The second kappa shape index (κ2) is 6.42. The Morgan fingerprint density at radius 1 is 1.15 bits per heavy atom. The van der Waals surface area contributed by atoms with Gasteiger partial charge in [-0.2, -0.15) is 0 Å². The maximum absolute atomic E-state index is 5.94. The molecule has 2 aromatic rings. The number of hydrogen-bond acceptors (Lipinski definition) is 3. The van der Waals surface area contributed by atoms with E-state index in [1.54, 1.807) is 0 Å². The highest BCUT2D eigenvalue weighted by Gasteiger charge is 2.19. The quantitative estimate of drug-likeness (QED) is 0.871. The lowest BCUT2D eigenvalue weighted by Gasteiger charge is -2.28. The first-order valence-corrected chi connectivity index (χ1v) is 7.36. The molecule has 0 aliphatic carbocycles. The highest BCUT2D eigenvalue weighted by Crippen LogP contribution is 2.24. The first-order chi connectivity index (χ1) is 9.47. The molecule has 1 N–H and O–H groups in total. The standard InChI is InChI=1S/C17H26N2O/c1-12(2)15(11-19(4)5)18-13(3)17-10-14-8-6-7-9-16(14)20-17/h6-10,12-13,15,18H,11H2,1-5H3. The van der Waals surface area contributed by atoms with E-state index in [1.807, 2.05) is 18.2 Å². The van der Waals surface area contributed by atoms with Gasteiger partial charge in [0.05, 0.1) is 6.04 Å². The van der Waals surface area contributed by atoms with Gasteiger partial charge in [-0.3, -0.25) is 0 Å². The van der Waals surface area contributed by atoms with Crippen LogP contribution in [0.3, 0.4) is 0 Å². The summed E-state index contributed by atoms with van der Waals surface area (Å²) in [5.41, 5.74) is 0.963. The molecule has 2 unspecified atom stereocenters. The van der Waals surface area contributed by atoms with Crippen LogP contribution in [0.4, 0.5) is 0 Å². The van der Waals surface area contributed by atoms with Gasteiger partial charge in [0.15, 0.2) is 0 Å². The Morgan fingerprint density at radius 2 is 1.85 bits per heavy atom. The minimum atomic E-state index is 0.217. The number of likely N-dealkylation sites (N-methyl/N-ethyl adjacent to an activating group) is 1. The van der Waals surface area contributed by atoms with Gasteiger partial charge in [-0.05, 0) is 39.1 Å². The van der Waals surface area contributed by atoms with Crippen LogP contribution in [0.25, 0.3) is 11.0 Å². The van der Waals surface area contributed by atoms with E-state index in [-0.39, 0.29) is 6.04 Å². The molecule has 2 atom stereocenters. The molecule has 1 aromatic heterocycles. The maximum Gasteiger partial charge on any atom is 0.134 e. The Hall–Kier alpha value is -1.32. The van der Waals surface area contributed by atoms with Crippen LogP contribution in [-0.4, -0.2) is 31.6 Å². The van der Waals surface area contributed by atoms with Crippen LogP contribution in [0, 0.1) is 5.92 Å². The first-order valence-electron chi connectivity index (χ1n) is 7.36. The van der Waals surface area contributed by atoms with E-state index in [9.17, 15) is 0 Å². The summed E-state index contributed by atoms with van der Waals surface area (Å²) in [6.07, 6.45) is 0. The van der Waals surface area contributed by atoms with Crippen molar-refractivity contribution in [3.8, 4) is 0 Å². The van der Waals surface area contributed by atoms with Gasteiger partial charge in [0.2, 0.25) is 0 Å². The van der Waals surface area contributed by atoms with Crippen LogP contribution in [0.1, 0.15) is 32.6 Å². The Morgan fingerprint density at radius 3 is 2.45 bits per heavy atom. The average molecular weight is 274 g/mol. The van der Waals surface area contributed by atoms with Crippen molar-refractivity contribution in [3.63, 3.8) is 0 Å². The molecule has 0 saturated carbocycles. The van der Waals surface area contributed by atoms with Crippen LogP contribution in [0.5, 0.6) is 0 Å². The molecule has 0 aliphatic rings. The van der Waals surface area contributed by atoms with E-state index in [0.29, 0.717) is 12.0 Å². The first kappa shape index (κ1) is 15.1. The highest BCUT2D eigenvalue weighted by atomic mass is 16.3. The van der Waals surface area contributed by atoms with Crippen LogP contribution in [0.2, 0.25) is 0 Å². The predicted octanol–water partition coefficient (Wildman–Crippen LogP) is 3.67. The molecule has 0 bridgehead atoms. The molecule has 0 spiro atoms. The van der Waals surface area contributed by atoms with Crippen molar-refractivity contribution in [3.05, 3.63) is 36.1 Å². The van der Waals surface area contributed by atoms with Gasteiger partial charge in [0, 0.05) is 18.0 Å². The molecule has 110 valence electrons. The molecule has 3 nitrogen and oxygen atoms in total. The van der Waals surface area contributed by atoms with Gasteiger partial charge in [-0.1, -0.05) is 32.0 Å². The summed E-state index contributed by atoms with van der Waals surface area (Å²) >= 11 is 0. The van der Waals surface area contributed by atoms with E-state index < -0.39 is 0 Å². The zero-order valence-electron chi connectivity index (χ0n) is 13.2. The molecule has 0 aliphatic heterocycles. The predicted molar refractivity (Wildman–Crippen MR) is 84.9 cm³/mol. The monoisotopic (exact) mass is 274 g/mol. The maximum atomic E-state index is 5.94. The number of hydrogen-bond donors (Lipinski definition) is 1. The number of fused-ring (bicyclic) bond motifs is 1. The lowest BCUT2D eigenvalue weighted by molar-refractivity contribution is 0.264. The minimum Gasteiger partial charge on any atom is -0.459 e. The van der Waals surface area contributed by atoms with Gasteiger partial charge in [-0.25, -0.2) is 0 Å². The third-order valence-electron chi connectivity index (χ3n) is 3.70. The van der Waals surface area contributed by atoms with Crippen molar-refractivity contribution in [2.24, 2.45) is 5.92 Å². The van der Waals surface area contributed by atoms with Crippen molar-refractivity contribution >= 4 is 11.0 Å². The van der Waals surface area contributed by atoms with Gasteiger partial charge in [-0.15, -0.1) is 0 Å². The molecule has 3 heteroatoms. The number of para-hydroxylation sites is 1. The van der Waals surface area contributed by atoms with Gasteiger partial charge in [0.25, 0.3) is 0 Å². The van der Waals surface area contributed by atoms with E-state index in [2.05, 4.69) is 57.2 Å². The number of rotatable bonds is 6. The summed E-state index contributed by atoms with van der Waals surface area (Å²) in [5.74, 6) is 1.60. The van der Waals surface area contributed by atoms with E-state index in [1.165, 1.54) is 5.39 Å². The second-order valence-electron chi connectivity index (χ2n) is 6.19. The zero-order valence-corrected chi connectivity index (χ0v) is 13.2. The van der Waals surface area contributed by atoms with Crippen molar-refractivity contribution in [2.75, 3.05) is 20.6 Å². The molecule has 0 amide bonds. The smallest absolute Gasteiger partial charge is 0.134 e. The van der Waals surface area contributed by atoms with Crippen molar-refractivity contribution in [1.29, 1.82) is 0 Å². The number of benzene rings is 1. The van der Waals surface area contributed by atoms with Gasteiger partial charge < -0.3 is 14.6 Å². The fourth-order valence-electron chi connectivity index (χ4n) is 2.47. The summed E-state index contributed by atoms with van der Waals surface area (Å²) in [6.45, 7) is 7.71. The average Bonchev–Trinajstić information content (AvgIpc) is 2.81. The van der Waals surface area contributed by atoms with Crippen molar-refractivity contribution in [1.82, 2.24) is 10.2 Å². The third kappa shape index (κ3) is 3.62. The molecule has 0 fully saturated rings. The number of furan rings is 1. The van der Waals surface area contributed by atoms with Crippen LogP contribution >= 0.6 is 0 Å². The van der Waals surface area contributed by atoms with Crippen molar-refractivity contribution in [2.45, 2.75) is 32.9 Å². The molecular weight excluding hydrogens is 248 g/mol. The highest BCUT2D eigenvalue weighted by molar-refractivity contribution is 5.77. The van der Waals surface area contributed by atoms with Crippen molar-refractivity contribution < 1.29 is 4.42 Å².